The number of nitriles is 1. The van der Waals surface area contributed by atoms with E-state index in [1.165, 1.54) is 18.2 Å². The van der Waals surface area contributed by atoms with Crippen LogP contribution in [0.4, 0.5) is 5.69 Å². The number of carbonyl (C=O) groups is 1. The van der Waals surface area contributed by atoms with Crippen molar-refractivity contribution in [2.24, 2.45) is 0 Å². The standard InChI is InChI=1S/C17H14N2O3S/c1-23(21,22)19-16-8-6-15(7-9-16)17(20)10-5-13-3-2-4-14(11-13)12-18/h2-11,19H,1H3. The van der Waals surface area contributed by atoms with E-state index in [-0.39, 0.29) is 5.78 Å². The molecule has 116 valence electrons. The van der Waals surface area contributed by atoms with Gasteiger partial charge in [0.1, 0.15) is 0 Å². The number of hydrogen-bond acceptors (Lipinski definition) is 4. The molecule has 2 aromatic rings. The van der Waals surface area contributed by atoms with Crippen LogP contribution in [0.1, 0.15) is 21.5 Å². The Kier molecular flexibility index (Phi) is 4.94. The molecular formula is C17H14N2O3S. The Morgan fingerprint density at radius 2 is 1.87 bits per heavy atom. The van der Waals surface area contributed by atoms with Crippen molar-refractivity contribution in [2.45, 2.75) is 0 Å². The molecule has 0 heterocycles. The number of carbonyl (C=O) groups excluding carboxylic acids is 1. The van der Waals surface area contributed by atoms with Crippen LogP contribution in [0, 0.1) is 11.3 Å². The van der Waals surface area contributed by atoms with E-state index < -0.39 is 10.0 Å². The van der Waals surface area contributed by atoms with E-state index >= 15 is 0 Å². The minimum Gasteiger partial charge on any atom is -0.289 e. The lowest BCUT2D eigenvalue weighted by molar-refractivity contribution is 0.104. The van der Waals surface area contributed by atoms with Crippen LogP contribution in [-0.4, -0.2) is 20.5 Å². The van der Waals surface area contributed by atoms with Crippen molar-refractivity contribution < 1.29 is 13.2 Å². The summed E-state index contributed by atoms with van der Waals surface area (Å²) in [5.41, 5.74) is 2.12. The molecule has 0 aliphatic carbocycles. The van der Waals surface area contributed by atoms with Gasteiger partial charge in [0.25, 0.3) is 0 Å². The maximum atomic E-state index is 12.1. The second kappa shape index (κ2) is 6.90. The molecule has 2 aromatic carbocycles. The lowest BCUT2D eigenvalue weighted by atomic mass is 10.1. The number of allylic oxidation sites excluding steroid dienone is 1. The number of rotatable bonds is 5. The van der Waals surface area contributed by atoms with Gasteiger partial charge in [-0.3, -0.25) is 9.52 Å². The van der Waals surface area contributed by atoms with E-state index in [1.54, 1.807) is 42.5 Å². The third-order valence-electron chi connectivity index (χ3n) is 2.92. The first kappa shape index (κ1) is 16.5. The van der Waals surface area contributed by atoms with Crippen molar-refractivity contribution in [1.82, 2.24) is 0 Å². The van der Waals surface area contributed by atoms with Gasteiger partial charge in [-0.1, -0.05) is 18.2 Å². The van der Waals surface area contributed by atoms with Crippen molar-refractivity contribution in [1.29, 1.82) is 5.26 Å². The zero-order valence-electron chi connectivity index (χ0n) is 12.4. The van der Waals surface area contributed by atoms with Gasteiger partial charge < -0.3 is 0 Å². The van der Waals surface area contributed by atoms with Gasteiger partial charge in [-0.05, 0) is 48.0 Å². The second-order valence-corrected chi connectivity index (χ2v) is 6.63. The van der Waals surface area contributed by atoms with E-state index in [4.69, 9.17) is 5.26 Å². The molecule has 5 nitrogen and oxygen atoms in total. The van der Waals surface area contributed by atoms with Gasteiger partial charge in [0.05, 0.1) is 17.9 Å². The van der Waals surface area contributed by atoms with Gasteiger partial charge in [0.2, 0.25) is 10.0 Å². The summed E-state index contributed by atoms with van der Waals surface area (Å²) in [7, 11) is -3.34. The lowest BCUT2D eigenvalue weighted by Crippen LogP contribution is -2.09. The van der Waals surface area contributed by atoms with Crippen LogP contribution in [0.2, 0.25) is 0 Å². The average Bonchev–Trinajstić information content (AvgIpc) is 2.52. The fourth-order valence-corrected chi connectivity index (χ4v) is 2.46. The molecule has 0 radical (unpaired) electrons. The Balaban J connectivity index is 2.11. The van der Waals surface area contributed by atoms with Gasteiger partial charge in [0, 0.05) is 11.3 Å². The quantitative estimate of drug-likeness (QED) is 0.676. The molecular weight excluding hydrogens is 312 g/mol. The smallest absolute Gasteiger partial charge is 0.229 e. The van der Waals surface area contributed by atoms with Crippen LogP contribution in [0.3, 0.4) is 0 Å². The van der Waals surface area contributed by atoms with Crippen LogP contribution in [-0.2, 0) is 10.0 Å². The molecule has 2 rings (SSSR count). The summed E-state index contributed by atoms with van der Waals surface area (Å²) in [6.45, 7) is 0. The molecule has 0 unspecified atom stereocenters. The Morgan fingerprint density at radius 3 is 2.48 bits per heavy atom. The topological polar surface area (TPSA) is 87.0 Å². The van der Waals surface area contributed by atoms with Crippen molar-refractivity contribution >= 4 is 27.6 Å². The third kappa shape index (κ3) is 5.09. The molecule has 0 aliphatic heterocycles. The first-order chi connectivity index (χ1) is 10.9. The number of benzene rings is 2. The van der Waals surface area contributed by atoms with Crippen LogP contribution < -0.4 is 4.72 Å². The fraction of sp³-hybridized carbons (Fsp3) is 0.0588. The summed E-state index contributed by atoms with van der Waals surface area (Å²) in [5.74, 6) is -0.210. The Hall–Kier alpha value is -2.91. The normalized spacial score (nSPS) is 11.1. The largest absolute Gasteiger partial charge is 0.289 e. The molecule has 0 bridgehead atoms. The van der Waals surface area contributed by atoms with E-state index in [9.17, 15) is 13.2 Å². The fourth-order valence-electron chi connectivity index (χ4n) is 1.90. The molecule has 0 aromatic heterocycles. The number of nitrogens with zero attached hydrogens (tertiary/aromatic N) is 1. The molecule has 0 saturated carbocycles. The van der Waals surface area contributed by atoms with Crippen molar-refractivity contribution in [3.63, 3.8) is 0 Å². The lowest BCUT2D eigenvalue weighted by Gasteiger charge is -2.04. The van der Waals surface area contributed by atoms with Crippen molar-refractivity contribution in [3.8, 4) is 6.07 Å². The first-order valence-corrected chi connectivity index (χ1v) is 8.57. The second-order valence-electron chi connectivity index (χ2n) is 4.89. The highest BCUT2D eigenvalue weighted by Crippen LogP contribution is 2.13. The zero-order valence-corrected chi connectivity index (χ0v) is 13.2. The molecule has 23 heavy (non-hydrogen) atoms. The molecule has 0 aliphatic rings. The SMILES string of the molecule is CS(=O)(=O)Nc1ccc(C(=O)C=Cc2cccc(C#N)c2)cc1. The summed E-state index contributed by atoms with van der Waals surface area (Å²) in [6, 6.07) is 15.1. The molecule has 0 saturated heterocycles. The maximum absolute atomic E-state index is 12.1. The van der Waals surface area contributed by atoms with Crippen LogP contribution in [0.15, 0.2) is 54.6 Å². The summed E-state index contributed by atoms with van der Waals surface area (Å²) >= 11 is 0. The summed E-state index contributed by atoms with van der Waals surface area (Å²) in [4.78, 5) is 12.1. The molecule has 0 amide bonds. The summed E-state index contributed by atoms with van der Waals surface area (Å²) < 4.78 is 24.6. The molecule has 0 atom stereocenters. The molecule has 0 fully saturated rings. The monoisotopic (exact) mass is 326 g/mol. The number of nitrogens with one attached hydrogen (secondary N) is 1. The van der Waals surface area contributed by atoms with Gasteiger partial charge in [0.15, 0.2) is 5.78 Å². The Bertz CT molecular complexity index is 892. The van der Waals surface area contributed by atoms with Gasteiger partial charge >= 0.3 is 0 Å². The zero-order chi connectivity index (χ0) is 16.9. The predicted molar refractivity (Wildman–Crippen MR) is 89.4 cm³/mol. The molecule has 6 heteroatoms. The van der Waals surface area contributed by atoms with Crippen molar-refractivity contribution in [3.05, 3.63) is 71.3 Å². The number of hydrogen-bond donors (Lipinski definition) is 1. The third-order valence-corrected chi connectivity index (χ3v) is 3.52. The summed E-state index contributed by atoms with van der Waals surface area (Å²) in [6.07, 6.45) is 4.10. The highest BCUT2D eigenvalue weighted by atomic mass is 32.2. The van der Waals surface area contributed by atoms with Gasteiger partial charge in [-0.25, -0.2) is 8.42 Å². The first-order valence-electron chi connectivity index (χ1n) is 6.68. The Morgan fingerprint density at radius 1 is 1.17 bits per heavy atom. The highest BCUT2D eigenvalue weighted by Gasteiger charge is 2.04. The number of ketones is 1. The number of anilines is 1. The molecule has 0 spiro atoms. The van der Waals surface area contributed by atoms with Crippen molar-refractivity contribution in [2.75, 3.05) is 11.0 Å². The van der Waals surface area contributed by atoms with E-state index in [0.717, 1.165) is 11.8 Å². The van der Waals surface area contributed by atoms with Crippen LogP contribution >= 0.6 is 0 Å². The number of sulfonamides is 1. The average molecular weight is 326 g/mol. The van der Waals surface area contributed by atoms with Gasteiger partial charge in [-0.15, -0.1) is 0 Å². The van der Waals surface area contributed by atoms with E-state index in [2.05, 4.69) is 4.72 Å². The summed E-state index contributed by atoms with van der Waals surface area (Å²) in [5, 5.41) is 8.83. The maximum Gasteiger partial charge on any atom is 0.229 e. The predicted octanol–water partition coefficient (Wildman–Crippen LogP) is 2.83. The van der Waals surface area contributed by atoms with Crippen LogP contribution in [0.25, 0.3) is 6.08 Å². The van der Waals surface area contributed by atoms with E-state index in [0.29, 0.717) is 16.8 Å². The van der Waals surface area contributed by atoms with Crippen LogP contribution in [0.5, 0.6) is 0 Å². The highest BCUT2D eigenvalue weighted by molar-refractivity contribution is 7.92. The minimum atomic E-state index is -3.34. The minimum absolute atomic E-state index is 0.210. The van der Waals surface area contributed by atoms with E-state index in [1.807, 2.05) is 6.07 Å². The molecule has 1 N–H and O–H groups in total. The van der Waals surface area contributed by atoms with Gasteiger partial charge in [-0.2, -0.15) is 5.26 Å². The Labute approximate surface area is 134 Å².